The molecule has 1 aromatic rings. The second-order valence-corrected chi connectivity index (χ2v) is 4.90. The molecule has 2 rings (SSSR count). The SMILES string of the molecule is OC1(COc2ccccc2OC(F)F)CCCCC1. The number of hydrogen-bond donors (Lipinski definition) is 1. The minimum absolute atomic E-state index is 0.00286. The zero-order chi connectivity index (χ0) is 13.7. The summed E-state index contributed by atoms with van der Waals surface area (Å²) in [4.78, 5) is 0. The fourth-order valence-corrected chi connectivity index (χ4v) is 2.33. The molecule has 19 heavy (non-hydrogen) atoms. The molecule has 1 saturated carbocycles. The van der Waals surface area contributed by atoms with Gasteiger partial charge in [0.05, 0.1) is 5.60 Å². The van der Waals surface area contributed by atoms with Crippen molar-refractivity contribution in [2.75, 3.05) is 6.61 Å². The molecule has 1 fully saturated rings. The van der Waals surface area contributed by atoms with Crippen molar-refractivity contribution >= 4 is 0 Å². The third-order valence-corrected chi connectivity index (χ3v) is 3.35. The molecule has 1 N–H and O–H groups in total. The predicted octanol–water partition coefficient (Wildman–Crippen LogP) is 3.36. The largest absolute Gasteiger partial charge is 0.487 e. The summed E-state index contributed by atoms with van der Waals surface area (Å²) in [5.41, 5.74) is -0.851. The summed E-state index contributed by atoms with van der Waals surface area (Å²) in [6.45, 7) is -2.78. The highest BCUT2D eigenvalue weighted by atomic mass is 19.3. The zero-order valence-corrected chi connectivity index (χ0v) is 10.6. The number of rotatable bonds is 5. The van der Waals surface area contributed by atoms with Crippen LogP contribution in [0, 0.1) is 0 Å². The van der Waals surface area contributed by atoms with Crippen LogP contribution >= 0.6 is 0 Å². The van der Waals surface area contributed by atoms with Gasteiger partial charge >= 0.3 is 6.61 Å². The first-order valence-corrected chi connectivity index (χ1v) is 6.48. The molecule has 1 aliphatic rings. The van der Waals surface area contributed by atoms with Crippen LogP contribution in [0.4, 0.5) is 8.78 Å². The first-order chi connectivity index (χ1) is 9.09. The Labute approximate surface area is 111 Å². The number of halogens is 2. The minimum Gasteiger partial charge on any atom is -0.487 e. The van der Waals surface area contributed by atoms with Crippen LogP contribution in [0.3, 0.4) is 0 Å². The number of benzene rings is 1. The Kier molecular flexibility index (Phi) is 4.58. The van der Waals surface area contributed by atoms with Crippen molar-refractivity contribution in [3.8, 4) is 11.5 Å². The Balaban J connectivity index is 1.98. The molecule has 0 bridgehead atoms. The Bertz CT molecular complexity index is 403. The van der Waals surface area contributed by atoms with Crippen molar-refractivity contribution in [1.29, 1.82) is 0 Å². The topological polar surface area (TPSA) is 38.7 Å². The maximum absolute atomic E-state index is 12.2. The van der Waals surface area contributed by atoms with Gasteiger partial charge in [-0.05, 0) is 25.0 Å². The second kappa shape index (κ2) is 6.19. The Morgan fingerprint density at radius 1 is 1.11 bits per heavy atom. The van der Waals surface area contributed by atoms with Gasteiger partial charge in [0.25, 0.3) is 0 Å². The molecule has 0 unspecified atom stereocenters. The Hall–Kier alpha value is -1.36. The molecular weight excluding hydrogens is 254 g/mol. The molecule has 0 aliphatic heterocycles. The van der Waals surface area contributed by atoms with Crippen LogP contribution in [-0.2, 0) is 0 Å². The van der Waals surface area contributed by atoms with Crippen molar-refractivity contribution < 1.29 is 23.4 Å². The van der Waals surface area contributed by atoms with E-state index in [2.05, 4.69) is 4.74 Å². The number of para-hydroxylation sites is 2. The molecule has 0 saturated heterocycles. The van der Waals surface area contributed by atoms with E-state index < -0.39 is 12.2 Å². The first-order valence-electron chi connectivity index (χ1n) is 6.48. The normalized spacial score (nSPS) is 18.3. The highest BCUT2D eigenvalue weighted by molar-refractivity contribution is 5.39. The summed E-state index contributed by atoms with van der Waals surface area (Å²) in [7, 11) is 0. The zero-order valence-electron chi connectivity index (χ0n) is 10.6. The molecule has 0 atom stereocenters. The summed E-state index contributed by atoms with van der Waals surface area (Å²) in [5, 5.41) is 10.3. The third-order valence-electron chi connectivity index (χ3n) is 3.35. The van der Waals surface area contributed by atoms with Crippen molar-refractivity contribution in [3.05, 3.63) is 24.3 Å². The van der Waals surface area contributed by atoms with Crippen LogP contribution in [0.15, 0.2) is 24.3 Å². The van der Waals surface area contributed by atoms with Gasteiger partial charge in [-0.3, -0.25) is 0 Å². The smallest absolute Gasteiger partial charge is 0.387 e. The number of hydrogen-bond acceptors (Lipinski definition) is 3. The predicted molar refractivity (Wildman–Crippen MR) is 66.6 cm³/mol. The van der Waals surface area contributed by atoms with Crippen LogP contribution in [0.5, 0.6) is 11.5 Å². The van der Waals surface area contributed by atoms with Crippen LogP contribution in [0.2, 0.25) is 0 Å². The maximum Gasteiger partial charge on any atom is 0.387 e. The van der Waals surface area contributed by atoms with E-state index in [9.17, 15) is 13.9 Å². The van der Waals surface area contributed by atoms with E-state index in [0.717, 1.165) is 19.3 Å². The van der Waals surface area contributed by atoms with E-state index in [1.807, 2.05) is 0 Å². The highest BCUT2D eigenvalue weighted by Gasteiger charge is 2.30. The summed E-state index contributed by atoms with van der Waals surface area (Å²) >= 11 is 0. The molecule has 0 aromatic heterocycles. The monoisotopic (exact) mass is 272 g/mol. The lowest BCUT2D eigenvalue weighted by molar-refractivity contribution is -0.0558. The van der Waals surface area contributed by atoms with Crippen LogP contribution in [0.25, 0.3) is 0 Å². The lowest BCUT2D eigenvalue weighted by Gasteiger charge is -2.31. The van der Waals surface area contributed by atoms with Crippen molar-refractivity contribution in [2.24, 2.45) is 0 Å². The molecule has 1 aromatic carbocycles. The molecule has 5 heteroatoms. The van der Waals surface area contributed by atoms with Gasteiger partial charge in [0.2, 0.25) is 0 Å². The summed E-state index contributed by atoms with van der Waals surface area (Å²) in [6.07, 6.45) is 4.42. The van der Waals surface area contributed by atoms with Crippen LogP contribution in [-0.4, -0.2) is 23.9 Å². The quantitative estimate of drug-likeness (QED) is 0.893. The Morgan fingerprint density at radius 3 is 2.37 bits per heavy atom. The van der Waals surface area contributed by atoms with E-state index in [-0.39, 0.29) is 18.1 Å². The number of alkyl halides is 2. The van der Waals surface area contributed by atoms with Crippen molar-refractivity contribution in [3.63, 3.8) is 0 Å². The van der Waals surface area contributed by atoms with E-state index in [4.69, 9.17) is 4.74 Å². The van der Waals surface area contributed by atoms with Gasteiger partial charge in [0.1, 0.15) is 6.61 Å². The van der Waals surface area contributed by atoms with Crippen molar-refractivity contribution in [2.45, 2.75) is 44.3 Å². The molecule has 1 aliphatic carbocycles. The average molecular weight is 272 g/mol. The van der Waals surface area contributed by atoms with E-state index in [0.29, 0.717) is 12.8 Å². The fourth-order valence-electron chi connectivity index (χ4n) is 2.33. The summed E-state index contributed by atoms with van der Waals surface area (Å²) in [6, 6.07) is 6.26. The molecule has 0 radical (unpaired) electrons. The lowest BCUT2D eigenvalue weighted by Crippen LogP contribution is -2.37. The standard InChI is InChI=1S/C14H18F2O3/c15-13(16)19-12-7-3-2-6-11(12)18-10-14(17)8-4-1-5-9-14/h2-3,6-7,13,17H,1,4-5,8-10H2. The van der Waals surface area contributed by atoms with Crippen LogP contribution < -0.4 is 9.47 Å². The van der Waals surface area contributed by atoms with Gasteiger partial charge < -0.3 is 14.6 Å². The van der Waals surface area contributed by atoms with Gasteiger partial charge in [-0.25, -0.2) is 0 Å². The van der Waals surface area contributed by atoms with Gasteiger partial charge in [0.15, 0.2) is 11.5 Å². The second-order valence-electron chi connectivity index (χ2n) is 4.90. The maximum atomic E-state index is 12.2. The van der Waals surface area contributed by atoms with E-state index in [1.54, 1.807) is 18.2 Å². The highest BCUT2D eigenvalue weighted by Crippen LogP contribution is 2.32. The number of aliphatic hydroxyl groups is 1. The van der Waals surface area contributed by atoms with Gasteiger partial charge in [-0.15, -0.1) is 0 Å². The Morgan fingerprint density at radius 2 is 1.74 bits per heavy atom. The number of ether oxygens (including phenoxy) is 2. The van der Waals surface area contributed by atoms with Crippen molar-refractivity contribution in [1.82, 2.24) is 0 Å². The average Bonchev–Trinajstić information content (AvgIpc) is 2.38. The van der Waals surface area contributed by atoms with Gasteiger partial charge in [-0.1, -0.05) is 31.4 Å². The van der Waals surface area contributed by atoms with Gasteiger partial charge in [-0.2, -0.15) is 8.78 Å². The van der Waals surface area contributed by atoms with E-state index >= 15 is 0 Å². The summed E-state index contributed by atoms with van der Waals surface area (Å²) in [5.74, 6) is 0.235. The molecule has 0 amide bonds. The van der Waals surface area contributed by atoms with Crippen LogP contribution in [0.1, 0.15) is 32.1 Å². The lowest BCUT2D eigenvalue weighted by atomic mass is 9.85. The molecule has 0 spiro atoms. The molecule has 3 nitrogen and oxygen atoms in total. The molecular formula is C14H18F2O3. The minimum atomic E-state index is -2.89. The summed E-state index contributed by atoms with van der Waals surface area (Å²) < 4.78 is 34.3. The molecule has 0 heterocycles. The molecule has 106 valence electrons. The third kappa shape index (κ3) is 4.06. The fraction of sp³-hybridized carbons (Fsp3) is 0.571. The van der Waals surface area contributed by atoms with Gasteiger partial charge in [0, 0.05) is 0 Å². The first kappa shape index (κ1) is 14.1. The van der Waals surface area contributed by atoms with E-state index in [1.165, 1.54) is 6.07 Å².